The summed E-state index contributed by atoms with van der Waals surface area (Å²) < 4.78 is 0. The van der Waals surface area contributed by atoms with Gasteiger partial charge in [0.15, 0.2) is 0 Å². The fourth-order valence-electron chi connectivity index (χ4n) is 1.95. The molecule has 2 N–H and O–H groups in total. The highest BCUT2D eigenvalue weighted by Gasteiger charge is 2.09. The molecule has 1 aliphatic rings. The lowest BCUT2D eigenvalue weighted by atomic mass is 10.0. The van der Waals surface area contributed by atoms with Gasteiger partial charge in [-0.05, 0) is 17.9 Å². The Kier molecular flexibility index (Phi) is 3.91. The van der Waals surface area contributed by atoms with Gasteiger partial charge in [-0.2, -0.15) is 0 Å². The third kappa shape index (κ3) is 3.33. The summed E-state index contributed by atoms with van der Waals surface area (Å²) in [5.74, 6) is 6.57. The summed E-state index contributed by atoms with van der Waals surface area (Å²) in [6.07, 6.45) is 9.71. The minimum Gasteiger partial charge on any atom is -0.268 e. The number of rotatable bonds is 4. The van der Waals surface area contributed by atoms with Crippen molar-refractivity contribution < 1.29 is 0 Å². The van der Waals surface area contributed by atoms with E-state index in [9.17, 15) is 0 Å². The van der Waals surface area contributed by atoms with Crippen molar-refractivity contribution in [2.45, 2.75) is 13.0 Å². The molecule has 16 heavy (non-hydrogen) atoms. The lowest BCUT2D eigenvalue weighted by molar-refractivity contribution is 0.246. The summed E-state index contributed by atoms with van der Waals surface area (Å²) in [7, 11) is 0. The molecule has 0 spiro atoms. The molecule has 84 valence electrons. The van der Waals surface area contributed by atoms with Crippen molar-refractivity contribution in [3.8, 4) is 0 Å². The molecule has 0 fully saturated rings. The van der Waals surface area contributed by atoms with E-state index < -0.39 is 0 Å². The number of hydrogen-bond acceptors (Lipinski definition) is 2. The van der Waals surface area contributed by atoms with Gasteiger partial charge < -0.3 is 0 Å². The summed E-state index contributed by atoms with van der Waals surface area (Å²) in [5.41, 5.74) is 1.26. The molecule has 0 bridgehead atoms. The minimum atomic E-state index is 0.554. The molecule has 0 radical (unpaired) electrons. The summed E-state index contributed by atoms with van der Waals surface area (Å²) in [4.78, 5) is 0. The first-order valence-corrected chi connectivity index (χ1v) is 5.71. The largest absolute Gasteiger partial charge is 0.268 e. The smallest absolute Gasteiger partial charge is 0.0379 e. The van der Waals surface area contributed by atoms with Gasteiger partial charge in [0.2, 0.25) is 0 Å². The van der Waals surface area contributed by atoms with Crippen molar-refractivity contribution in [3.05, 3.63) is 60.2 Å². The maximum Gasteiger partial charge on any atom is 0.0379 e. The van der Waals surface area contributed by atoms with E-state index in [4.69, 9.17) is 5.84 Å². The second-order valence-corrected chi connectivity index (χ2v) is 4.22. The van der Waals surface area contributed by atoms with Crippen molar-refractivity contribution >= 4 is 0 Å². The SMILES string of the molecule is NN(Cc1ccccc1)CC1C=CC=CC1. The van der Waals surface area contributed by atoms with Crippen LogP contribution in [0.3, 0.4) is 0 Å². The second kappa shape index (κ2) is 5.64. The highest BCUT2D eigenvalue weighted by Crippen LogP contribution is 2.13. The molecule has 1 aromatic rings. The van der Waals surface area contributed by atoms with Gasteiger partial charge in [-0.15, -0.1) is 0 Å². The molecule has 1 aliphatic carbocycles. The zero-order valence-electron chi connectivity index (χ0n) is 9.42. The van der Waals surface area contributed by atoms with E-state index in [0.29, 0.717) is 5.92 Å². The topological polar surface area (TPSA) is 29.3 Å². The van der Waals surface area contributed by atoms with Crippen molar-refractivity contribution in [2.24, 2.45) is 11.8 Å². The molecule has 1 unspecified atom stereocenters. The number of nitrogens with two attached hydrogens (primary N) is 1. The average Bonchev–Trinajstić information content (AvgIpc) is 2.31. The van der Waals surface area contributed by atoms with Crippen LogP contribution in [0.25, 0.3) is 0 Å². The normalized spacial score (nSPS) is 19.2. The van der Waals surface area contributed by atoms with Crippen LogP contribution in [0.4, 0.5) is 0 Å². The average molecular weight is 214 g/mol. The van der Waals surface area contributed by atoms with E-state index in [1.165, 1.54) is 5.56 Å². The molecular weight excluding hydrogens is 196 g/mol. The van der Waals surface area contributed by atoms with Crippen LogP contribution in [0.15, 0.2) is 54.6 Å². The van der Waals surface area contributed by atoms with Crippen LogP contribution < -0.4 is 5.84 Å². The Morgan fingerprint density at radius 3 is 2.69 bits per heavy atom. The van der Waals surface area contributed by atoms with E-state index in [1.807, 2.05) is 23.2 Å². The number of benzene rings is 1. The Labute approximate surface area is 97.0 Å². The molecule has 0 aliphatic heterocycles. The molecule has 2 rings (SSSR count). The molecule has 0 heterocycles. The van der Waals surface area contributed by atoms with Gasteiger partial charge in [0, 0.05) is 13.1 Å². The van der Waals surface area contributed by atoms with Gasteiger partial charge in [0.1, 0.15) is 0 Å². The maximum atomic E-state index is 6.01. The zero-order chi connectivity index (χ0) is 11.2. The van der Waals surface area contributed by atoms with Crippen LogP contribution >= 0.6 is 0 Å². The number of hydrogen-bond donors (Lipinski definition) is 1. The third-order valence-electron chi connectivity index (χ3n) is 2.77. The lowest BCUT2D eigenvalue weighted by Gasteiger charge is -2.21. The van der Waals surface area contributed by atoms with Crippen LogP contribution in [0.2, 0.25) is 0 Å². The van der Waals surface area contributed by atoms with Crippen molar-refractivity contribution in [2.75, 3.05) is 6.54 Å². The zero-order valence-corrected chi connectivity index (χ0v) is 9.42. The van der Waals surface area contributed by atoms with E-state index >= 15 is 0 Å². The number of nitrogens with zero attached hydrogens (tertiary/aromatic N) is 1. The van der Waals surface area contributed by atoms with E-state index in [-0.39, 0.29) is 0 Å². The number of allylic oxidation sites excluding steroid dienone is 3. The van der Waals surface area contributed by atoms with Gasteiger partial charge in [-0.3, -0.25) is 5.84 Å². The predicted molar refractivity (Wildman–Crippen MR) is 67.4 cm³/mol. The molecule has 2 nitrogen and oxygen atoms in total. The molecule has 0 aromatic heterocycles. The minimum absolute atomic E-state index is 0.554. The Morgan fingerprint density at radius 2 is 2.00 bits per heavy atom. The summed E-state index contributed by atoms with van der Waals surface area (Å²) >= 11 is 0. The number of hydrazine groups is 1. The third-order valence-corrected chi connectivity index (χ3v) is 2.77. The Bertz CT molecular complexity index is 368. The molecule has 1 atom stereocenters. The second-order valence-electron chi connectivity index (χ2n) is 4.22. The van der Waals surface area contributed by atoms with Crippen molar-refractivity contribution in [3.63, 3.8) is 0 Å². The fourth-order valence-corrected chi connectivity index (χ4v) is 1.95. The Balaban J connectivity index is 1.82. The van der Waals surface area contributed by atoms with E-state index in [1.54, 1.807) is 0 Å². The molecule has 0 saturated carbocycles. The summed E-state index contributed by atoms with van der Waals surface area (Å²) in [5, 5.41) is 1.89. The van der Waals surface area contributed by atoms with E-state index in [2.05, 4.69) is 36.4 Å². The van der Waals surface area contributed by atoms with Crippen molar-refractivity contribution in [1.82, 2.24) is 5.01 Å². The lowest BCUT2D eigenvalue weighted by Crippen LogP contribution is -2.34. The highest BCUT2D eigenvalue weighted by molar-refractivity contribution is 5.15. The van der Waals surface area contributed by atoms with Crippen LogP contribution in [0.1, 0.15) is 12.0 Å². The van der Waals surface area contributed by atoms with Gasteiger partial charge >= 0.3 is 0 Å². The predicted octanol–water partition coefficient (Wildman–Crippen LogP) is 2.49. The van der Waals surface area contributed by atoms with Crippen LogP contribution in [0.5, 0.6) is 0 Å². The van der Waals surface area contributed by atoms with Crippen LogP contribution in [0, 0.1) is 5.92 Å². The molecular formula is C14H18N2. The van der Waals surface area contributed by atoms with Gasteiger partial charge in [-0.25, -0.2) is 5.01 Å². The Hall–Kier alpha value is -1.38. The summed E-state index contributed by atoms with van der Waals surface area (Å²) in [6.45, 7) is 1.73. The summed E-state index contributed by atoms with van der Waals surface area (Å²) in [6, 6.07) is 10.3. The first kappa shape index (κ1) is 11.1. The molecule has 0 amide bonds. The maximum absolute atomic E-state index is 6.01. The highest BCUT2D eigenvalue weighted by atomic mass is 15.4. The van der Waals surface area contributed by atoms with Gasteiger partial charge in [-0.1, -0.05) is 54.6 Å². The quantitative estimate of drug-likeness (QED) is 0.616. The molecule has 0 saturated heterocycles. The molecule has 1 aromatic carbocycles. The fraction of sp³-hybridized carbons (Fsp3) is 0.286. The van der Waals surface area contributed by atoms with Crippen LogP contribution in [-0.2, 0) is 6.54 Å². The van der Waals surface area contributed by atoms with E-state index in [0.717, 1.165) is 19.5 Å². The first-order chi connectivity index (χ1) is 7.84. The molecule has 2 heteroatoms. The standard InChI is InChI=1S/C14H18N2/c15-16(11-13-7-3-1-4-8-13)12-14-9-5-2-6-10-14/h1-9,14H,10-12,15H2. The van der Waals surface area contributed by atoms with Crippen LogP contribution in [-0.4, -0.2) is 11.6 Å². The first-order valence-electron chi connectivity index (χ1n) is 5.71. The van der Waals surface area contributed by atoms with Crippen molar-refractivity contribution in [1.29, 1.82) is 0 Å². The van der Waals surface area contributed by atoms with Gasteiger partial charge in [0.05, 0.1) is 0 Å². The monoisotopic (exact) mass is 214 g/mol. The Morgan fingerprint density at radius 1 is 1.19 bits per heavy atom. The van der Waals surface area contributed by atoms with Gasteiger partial charge in [0.25, 0.3) is 0 Å².